The number of piperidine rings is 2. The second-order valence-corrected chi connectivity index (χ2v) is 7.24. The smallest absolute Gasteiger partial charge is 0.0120 e. The molecular formula is C13H27N3S2. The maximum absolute atomic E-state index is 5.44. The molecule has 0 aromatic rings. The van der Waals surface area contributed by atoms with Crippen molar-refractivity contribution in [3.63, 3.8) is 0 Å². The summed E-state index contributed by atoms with van der Waals surface area (Å²) in [6.07, 6.45) is 8.27. The van der Waals surface area contributed by atoms with Gasteiger partial charge < -0.3 is 4.90 Å². The zero-order valence-electron chi connectivity index (χ0n) is 11.4. The molecule has 2 aliphatic heterocycles. The van der Waals surface area contributed by atoms with Gasteiger partial charge in [0, 0.05) is 30.6 Å². The Labute approximate surface area is 120 Å². The maximum atomic E-state index is 5.44. The predicted molar refractivity (Wildman–Crippen MR) is 83.7 cm³/mol. The first-order chi connectivity index (χ1) is 8.90. The lowest BCUT2D eigenvalue weighted by Crippen LogP contribution is -2.45. The van der Waals surface area contributed by atoms with Gasteiger partial charge in [-0.1, -0.05) is 30.3 Å². The summed E-state index contributed by atoms with van der Waals surface area (Å²) in [5, 5.41) is 5.44. The summed E-state index contributed by atoms with van der Waals surface area (Å²) in [6, 6.07) is 0.877. The van der Waals surface area contributed by atoms with Gasteiger partial charge in [0.25, 0.3) is 0 Å². The predicted octanol–water partition coefficient (Wildman–Crippen LogP) is 2.58. The van der Waals surface area contributed by atoms with Gasteiger partial charge >= 0.3 is 0 Å². The summed E-state index contributed by atoms with van der Waals surface area (Å²) in [5.74, 6) is 2.33. The zero-order valence-corrected chi connectivity index (χ0v) is 13.0. The van der Waals surface area contributed by atoms with Gasteiger partial charge in [0.15, 0.2) is 0 Å². The summed E-state index contributed by atoms with van der Waals surface area (Å²) in [6.45, 7) is 5.26. The Morgan fingerprint density at radius 3 is 2.33 bits per heavy atom. The van der Waals surface area contributed by atoms with Crippen molar-refractivity contribution < 1.29 is 0 Å². The summed E-state index contributed by atoms with van der Waals surface area (Å²) >= 11 is 3.50. The summed E-state index contributed by atoms with van der Waals surface area (Å²) in [4.78, 5) is 2.75. The summed E-state index contributed by atoms with van der Waals surface area (Å²) < 4.78 is 2.57. The molecule has 0 spiro atoms. The molecule has 0 bridgehead atoms. The van der Waals surface area contributed by atoms with Gasteiger partial charge in [-0.3, -0.25) is 9.44 Å². The van der Waals surface area contributed by atoms with Gasteiger partial charge in [-0.15, -0.1) is 0 Å². The van der Waals surface area contributed by atoms with Gasteiger partial charge in [-0.05, 0) is 45.2 Å². The van der Waals surface area contributed by atoms with Crippen molar-refractivity contribution in [2.24, 2.45) is 5.14 Å². The molecule has 2 aliphatic rings. The van der Waals surface area contributed by atoms with Crippen molar-refractivity contribution in [2.75, 3.05) is 37.7 Å². The molecule has 0 radical (unpaired) electrons. The van der Waals surface area contributed by atoms with E-state index in [1.54, 1.807) is 0 Å². The van der Waals surface area contributed by atoms with Gasteiger partial charge in [0.2, 0.25) is 0 Å². The SMILES string of the molecule is NSCCCSN1CCC(N2CCCCC2)CC1. The van der Waals surface area contributed by atoms with Crippen LogP contribution in [0.3, 0.4) is 0 Å². The van der Waals surface area contributed by atoms with E-state index in [-0.39, 0.29) is 0 Å². The van der Waals surface area contributed by atoms with Crippen LogP contribution in [0.5, 0.6) is 0 Å². The number of nitrogens with zero attached hydrogens (tertiary/aromatic N) is 2. The van der Waals surface area contributed by atoms with Gasteiger partial charge in [0.1, 0.15) is 0 Å². The first-order valence-corrected chi connectivity index (χ1v) is 9.33. The van der Waals surface area contributed by atoms with E-state index >= 15 is 0 Å². The third kappa shape index (κ3) is 4.93. The average molecular weight is 290 g/mol. The van der Waals surface area contributed by atoms with E-state index in [0.29, 0.717) is 0 Å². The lowest BCUT2D eigenvalue weighted by molar-refractivity contribution is 0.120. The molecule has 0 unspecified atom stereocenters. The van der Waals surface area contributed by atoms with Crippen LogP contribution in [0.4, 0.5) is 0 Å². The molecular weight excluding hydrogens is 262 g/mol. The van der Waals surface area contributed by atoms with Crippen molar-refractivity contribution in [1.82, 2.24) is 9.21 Å². The largest absolute Gasteiger partial charge is 0.300 e. The number of hydrogen-bond donors (Lipinski definition) is 1. The molecule has 3 nitrogen and oxygen atoms in total. The van der Waals surface area contributed by atoms with Crippen LogP contribution in [-0.4, -0.2) is 52.9 Å². The van der Waals surface area contributed by atoms with Gasteiger partial charge in [-0.2, -0.15) is 0 Å². The van der Waals surface area contributed by atoms with Crippen LogP contribution in [0.2, 0.25) is 0 Å². The van der Waals surface area contributed by atoms with Crippen molar-refractivity contribution in [1.29, 1.82) is 0 Å². The highest BCUT2D eigenvalue weighted by molar-refractivity contribution is 7.97. The van der Waals surface area contributed by atoms with E-state index in [4.69, 9.17) is 5.14 Å². The highest BCUT2D eigenvalue weighted by Gasteiger charge is 2.25. The zero-order chi connectivity index (χ0) is 12.6. The number of nitrogens with two attached hydrogens (primary N) is 1. The number of rotatable bonds is 6. The quantitative estimate of drug-likeness (QED) is 0.600. The van der Waals surface area contributed by atoms with Crippen molar-refractivity contribution in [3.05, 3.63) is 0 Å². The Kier molecular flexibility index (Phi) is 7.23. The first kappa shape index (κ1) is 15.0. The Bertz CT molecular complexity index is 214. The summed E-state index contributed by atoms with van der Waals surface area (Å²) in [5.41, 5.74) is 0. The molecule has 0 saturated carbocycles. The van der Waals surface area contributed by atoms with E-state index in [2.05, 4.69) is 9.21 Å². The lowest BCUT2D eigenvalue weighted by Gasteiger charge is -2.39. The molecule has 106 valence electrons. The van der Waals surface area contributed by atoms with E-state index in [1.165, 1.54) is 82.4 Å². The van der Waals surface area contributed by atoms with Crippen LogP contribution >= 0.6 is 23.9 Å². The highest BCUT2D eigenvalue weighted by atomic mass is 32.2. The van der Waals surface area contributed by atoms with Crippen LogP contribution in [0, 0.1) is 0 Å². The normalized spacial score (nSPS) is 24.5. The Morgan fingerprint density at radius 1 is 0.944 bits per heavy atom. The minimum absolute atomic E-state index is 0.877. The molecule has 2 rings (SSSR count). The molecule has 2 heterocycles. The molecule has 0 atom stereocenters. The van der Waals surface area contributed by atoms with Crippen molar-refractivity contribution in [2.45, 2.75) is 44.6 Å². The molecule has 0 aromatic carbocycles. The molecule has 0 aromatic heterocycles. The molecule has 2 saturated heterocycles. The van der Waals surface area contributed by atoms with Crippen LogP contribution in [0.1, 0.15) is 38.5 Å². The topological polar surface area (TPSA) is 32.5 Å². The number of hydrogen-bond acceptors (Lipinski definition) is 5. The van der Waals surface area contributed by atoms with E-state index in [0.717, 1.165) is 11.8 Å². The number of likely N-dealkylation sites (tertiary alicyclic amines) is 1. The minimum Gasteiger partial charge on any atom is -0.300 e. The van der Waals surface area contributed by atoms with Crippen LogP contribution < -0.4 is 5.14 Å². The molecule has 0 amide bonds. The molecule has 0 aliphatic carbocycles. The second kappa shape index (κ2) is 8.69. The first-order valence-electron chi connectivity index (χ1n) is 7.34. The standard InChI is InChI=1S/C13H27N3S2/c14-17-11-4-12-18-16-9-5-13(6-10-16)15-7-2-1-3-8-15/h13H,1-12,14H2. The van der Waals surface area contributed by atoms with Crippen LogP contribution in [0.15, 0.2) is 0 Å². The van der Waals surface area contributed by atoms with Gasteiger partial charge in [-0.25, -0.2) is 0 Å². The highest BCUT2D eigenvalue weighted by Crippen LogP contribution is 2.24. The van der Waals surface area contributed by atoms with Crippen molar-refractivity contribution >= 4 is 23.9 Å². The molecule has 18 heavy (non-hydrogen) atoms. The Morgan fingerprint density at radius 2 is 1.67 bits per heavy atom. The van der Waals surface area contributed by atoms with E-state index in [1.807, 2.05) is 11.9 Å². The van der Waals surface area contributed by atoms with Crippen LogP contribution in [0.25, 0.3) is 0 Å². The molecule has 2 N–H and O–H groups in total. The molecule has 2 fully saturated rings. The average Bonchev–Trinajstić information content (AvgIpc) is 2.45. The maximum Gasteiger partial charge on any atom is 0.0120 e. The fourth-order valence-corrected chi connectivity index (χ4v) is 4.45. The van der Waals surface area contributed by atoms with Crippen LogP contribution in [-0.2, 0) is 0 Å². The third-order valence-electron chi connectivity index (χ3n) is 4.01. The second-order valence-electron chi connectivity index (χ2n) is 5.31. The summed E-state index contributed by atoms with van der Waals surface area (Å²) in [7, 11) is 0. The fourth-order valence-electron chi connectivity index (χ4n) is 2.96. The lowest BCUT2D eigenvalue weighted by atomic mass is 10.0. The third-order valence-corrected chi connectivity index (χ3v) is 5.74. The monoisotopic (exact) mass is 289 g/mol. The van der Waals surface area contributed by atoms with E-state index < -0.39 is 0 Å². The minimum atomic E-state index is 0.877. The van der Waals surface area contributed by atoms with Gasteiger partial charge in [0.05, 0.1) is 0 Å². The van der Waals surface area contributed by atoms with E-state index in [9.17, 15) is 0 Å². The van der Waals surface area contributed by atoms with Crippen molar-refractivity contribution in [3.8, 4) is 0 Å². The molecule has 5 heteroatoms. The Balaban J connectivity index is 1.58. The fraction of sp³-hybridized carbons (Fsp3) is 1.00. The Hall–Kier alpha value is 0.580.